The van der Waals surface area contributed by atoms with E-state index in [4.69, 9.17) is 19.5 Å². The van der Waals surface area contributed by atoms with E-state index in [2.05, 4.69) is 15.3 Å². The lowest BCUT2D eigenvalue weighted by Crippen LogP contribution is -2.19. The molecule has 2 aromatic heterocycles. The number of hydrogen-bond donors (Lipinski definition) is 1. The molecule has 2 heterocycles. The number of hydrogen-bond acceptors (Lipinski definition) is 7. The number of nitrogens with zero attached hydrogens (tertiary/aromatic N) is 3. The Hall–Kier alpha value is -4.01. The zero-order valence-corrected chi connectivity index (χ0v) is 14.3. The van der Waals surface area contributed by atoms with Gasteiger partial charge in [0.25, 0.3) is 11.8 Å². The Morgan fingerprint density at radius 1 is 1.00 bits per heavy atom. The molecule has 140 valence electrons. The highest BCUT2D eigenvalue weighted by Crippen LogP contribution is 2.27. The van der Waals surface area contributed by atoms with E-state index in [1.165, 1.54) is 12.1 Å². The molecule has 0 spiro atoms. The lowest BCUT2D eigenvalue weighted by atomic mass is 10.1. The second kappa shape index (κ2) is 7.31. The van der Waals surface area contributed by atoms with Crippen LogP contribution in [0.15, 0.2) is 63.6 Å². The number of halogens is 1. The van der Waals surface area contributed by atoms with Gasteiger partial charge in [0.05, 0.1) is 0 Å². The van der Waals surface area contributed by atoms with Crippen LogP contribution >= 0.6 is 0 Å². The van der Waals surface area contributed by atoms with Gasteiger partial charge >= 0.3 is 0 Å². The third-order valence-corrected chi connectivity index (χ3v) is 3.78. The summed E-state index contributed by atoms with van der Waals surface area (Å²) in [6.07, 6.45) is 0. The van der Waals surface area contributed by atoms with E-state index >= 15 is 0 Å². The summed E-state index contributed by atoms with van der Waals surface area (Å²) in [7, 11) is 0. The van der Waals surface area contributed by atoms with Crippen LogP contribution < -0.4 is 10.5 Å². The van der Waals surface area contributed by atoms with E-state index in [-0.39, 0.29) is 18.3 Å². The lowest BCUT2D eigenvalue weighted by molar-refractivity contribution is -0.119. The summed E-state index contributed by atoms with van der Waals surface area (Å²) >= 11 is 0. The molecular formula is C19H13FN4O4. The number of benzene rings is 2. The average molecular weight is 380 g/mol. The van der Waals surface area contributed by atoms with E-state index < -0.39 is 5.91 Å². The lowest BCUT2D eigenvalue weighted by Gasteiger charge is -2.03. The van der Waals surface area contributed by atoms with Gasteiger partial charge in [-0.1, -0.05) is 10.3 Å². The number of carbonyl (C=O) groups excluding carboxylic acids is 1. The van der Waals surface area contributed by atoms with Crippen molar-refractivity contribution in [1.82, 2.24) is 15.3 Å². The third-order valence-electron chi connectivity index (χ3n) is 3.78. The van der Waals surface area contributed by atoms with Crippen LogP contribution in [0.25, 0.3) is 34.3 Å². The van der Waals surface area contributed by atoms with Crippen LogP contribution in [0.1, 0.15) is 0 Å². The highest BCUT2D eigenvalue weighted by molar-refractivity contribution is 5.75. The first-order valence-corrected chi connectivity index (χ1v) is 8.17. The number of rotatable bonds is 6. The maximum atomic E-state index is 13.0. The summed E-state index contributed by atoms with van der Waals surface area (Å²) in [5.74, 6) is 0.581. The summed E-state index contributed by atoms with van der Waals surface area (Å²) in [6.45, 7) is -0.200. The zero-order chi connectivity index (χ0) is 19.5. The monoisotopic (exact) mass is 380 g/mol. The molecule has 0 unspecified atom stereocenters. The fraction of sp³-hybridized carbons (Fsp3) is 0.0526. The number of ether oxygens (including phenoxy) is 1. The molecule has 0 aliphatic carbocycles. The molecule has 0 aliphatic heterocycles. The van der Waals surface area contributed by atoms with Crippen LogP contribution in [0.3, 0.4) is 0 Å². The first-order chi connectivity index (χ1) is 13.6. The highest BCUT2D eigenvalue weighted by Gasteiger charge is 2.16. The van der Waals surface area contributed by atoms with E-state index in [0.717, 1.165) is 0 Å². The summed E-state index contributed by atoms with van der Waals surface area (Å²) < 4.78 is 28.7. The maximum absolute atomic E-state index is 13.0. The first-order valence-electron chi connectivity index (χ1n) is 8.17. The largest absolute Gasteiger partial charge is 0.484 e. The molecule has 0 radical (unpaired) electrons. The van der Waals surface area contributed by atoms with Gasteiger partial charge in [-0.15, -0.1) is 0 Å². The molecule has 28 heavy (non-hydrogen) atoms. The molecule has 1 amide bonds. The highest BCUT2D eigenvalue weighted by atomic mass is 19.1. The standard InChI is InChI=1S/C19H13FN4O4/c20-13-5-1-11(2-6-13)16-9-15(23-27-16)19-22-18(24-28-19)12-3-7-14(8-4-12)26-10-17(21)25/h1-9H,10H2,(H2,21,25). The molecule has 4 aromatic rings. The zero-order valence-electron chi connectivity index (χ0n) is 14.3. The Morgan fingerprint density at radius 2 is 1.71 bits per heavy atom. The van der Waals surface area contributed by atoms with Gasteiger partial charge < -0.3 is 19.5 Å². The third kappa shape index (κ3) is 3.73. The summed E-state index contributed by atoms with van der Waals surface area (Å²) in [6, 6.07) is 14.2. The number of aromatic nitrogens is 3. The van der Waals surface area contributed by atoms with Gasteiger partial charge in [-0.25, -0.2) is 4.39 Å². The van der Waals surface area contributed by atoms with Crippen LogP contribution in [-0.4, -0.2) is 27.8 Å². The molecule has 0 saturated carbocycles. The van der Waals surface area contributed by atoms with E-state index in [0.29, 0.717) is 34.2 Å². The van der Waals surface area contributed by atoms with Crippen LogP contribution in [0.4, 0.5) is 4.39 Å². The molecule has 2 aromatic carbocycles. The summed E-state index contributed by atoms with van der Waals surface area (Å²) in [5, 5.41) is 7.85. The SMILES string of the molecule is NC(=O)COc1ccc(-c2noc(-c3cc(-c4ccc(F)cc4)on3)n2)cc1. The van der Waals surface area contributed by atoms with Crippen LogP contribution in [0, 0.1) is 5.82 Å². The van der Waals surface area contributed by atoms with Crippen LogP contribution in [-0.2, 0) is 4.79 Å². The van der Waals surface area contributed by atoms with Gasteiger partial charge in [-0.05, 0) is 48.5 Å². The predicted molar refractivity (Wildman–Crippen MR) is 95.3 cm³/mol. The fourth-order valence-electron chi connectivity index (χ4n) is 2.43. The molecular weight excluding hydrogens is 367 g/mol. The van der Waals surface area contributed by atoms with Gasteiger partial charge in [0.1, 0.15) is 11.6 Å². The topological polar surface area (TPSA) is 117 Å². The minimum Gasteiger partial charge on any atom is -0.484 e. The molecule has 2 N–H and O–H groups in total. The van der Waals surface area contributed by atoms with E-state index in [1.54, 1.807) is 42.5 Å². The van der Waals surface area contributed by atoms with Crippen molar-refractivity contribution in [3.05, 3.63) is 60.4 Å². The summed E-state index contributed by atoms with van der Waals surface area (Å²) in [4.78, 5) is 15.0. The van der Waals surface area contributed by atoms with Gasteiger partial charge in [-0.2, -0.15) is 4.98 Å². The van der Waals surface area contributed by atoms with Crippen molar-refractivity contribution < 1.29 is 23.0 Å². The Morgan fingerprint density at radius 3 is 2.43 bits per heavy atom. The van der Waals surface area contributed by atoms with Gasteiger partial charge in [0.15, 0.2) is 18.1 Å². The molecule has 0 fully saturated rings. The van der Waals surface area contributed by atoms with Gasteiger partial charge in [0, 0.05) is 17.2 Å². The van der Waals surface area contributed by atoms with Crippen molar-refractivity contribution in [3.8, 4) is 40.0 Å². The Labute approximate surface area is 157 Å². The van der Waals surface area contributed by atoms with E-state index in [9.17, 15) is 9.18 Å². The normalized spacial score (nSPS) is 10.8. The first kappa shape index (κ1) is 17.4. The predicted octanol–water partition coefficient (Wildman–Crippen LogP) is 3.06. The van der Waals surface area contributed by atoms with Crippen molar-refractivity contribution >= 4 is 5.91 Å². The fourth-order valence-corrected chi connectivity index (χ4v) is 2.43. The average Bonchev–Trinajstić information content (AvgIpc) is 3.37. The second-order valence-corrected chi connectivity index (χ2v) is 5.79. The number of carbonyl (C=O) groups is 1. The molecule has 4 rings (SSSR count). The van der Waals surface area contributed by atoms with Gasteiger partial charge in [-0.3, -0.25) is 4.79 Å². The van der Waals surface area contributed by atoms with E-state index in [1.807, 2.05) is 0 Å². The molecule has 0 saturated heterocycles. The van der Waals surface area contributed by atoms with Crippen molar-refractivity contribution in [1.29, 1.82) is 0 Å². The van der Waals surface area contributed by atoms with Crippen molar-refractivity contribution in [2.24, 2.45) is 5.73 Å². The quantitative estimate of drug-likeness (QED) is 0.546. The van der Waals surface area contributed by atoms with Crippen molar-refractivity contribution in [2.75, 3.05) is 6.61 Å². The van der Waals surface area contributed by atoms with Crippen LogP contribution in [0.5, 0.6) is 5.75 Å². The Balaban J connectivity index is 1.51. The molecule has 8 nitrogen and oxygen atoms in total. The van der Waals surface area contributed by atoms with Gasteiger partial charge in [0.2, 0.25) is 5.82 Å². The number of amides is 1. The van der Waals surface area contributed by atoms with Crippen molar-refractivity contribution in [2.45, 2.75) is 0 Å². The maximum Gasteiger partial charge on any atom is 0.280 e. The summed E-state index contributed by atoms with van der Waals surface area (Å²) in [5.41, 5.74) is 6.76. The smallest absolute Gasteiger partial charge is 0.280 e. The Bertz CT molecular complexity index is 1100. The van der Waals surface area contributed by atoms with Crippen molar-refractivity contribution in [3.63, 3.8) is 0 Å². The minimum absolute atomic E-state index is 0.182. The number of primary amides is 1. The molecule has 0 aliphatic rings. The Kier molecular flexibility index (Phi) is 4.55. The molecule has 9 heteroatoms. The second-order valence-electron chi connectivity index (χ2n) is 5.79. The molecule has 0 bridgehead atoms. The number of nitrogens with two attached hydrogens (primary N) is 1. The van der Waals surface area contributed by atoms with Crippen LogP contribution in [0.2, 0.25) is 0 Å². The minimum atomic E-state index is -0.556. The molecule has 0 atom stereocenters.